The maximum atomic E-state index is 10.3. The van der Waals surface area contributed by atoms with Crippen molar-refractivity contribution >= 4 is 12.1 Å². The zero-order valence-corrected chi connectivity index (χ0v) is 10.2. The summed E-state index contributed by atoms with van der Waals surface area (Å²) in [6, 6.07) is 0. The second-order valence-corrected chi connectivity index (χ2v) is 2.54. The number of carbonyl (C=O) groups excluding carboxylic acids is 2. The van der Waals surface area contributed by atoms with Crippen LogP contribution in [0, 0.1) is 0 Å². The summed E-state index contributed by atoms with van der Waals surface area (Å²) in [5.74, 6) is -0.562. The molecule has 1 unspecified atom stereocenters. The van der Waals surface area contributed by atoms with Gasteiger partial charge in [0.05, 0.1) is 19.8 Å². The Hall–Kier alpha value is -1.30. The molecule has 0 saturated carbocycles. The Labute approximate surface area is 95.5 Å². The van der Waals surface area contributed by atoms with E-state index in [9.17, 15) is 9.59 Å². The van der Waals surface area contributed by atoms with Gasteiger partial charge in [-0.2, -0.15) is 0 Å². The highest BCUT2D eigenvalue weighted by Crippen LogP contribution is 1.84. The molecule has 0 aromatic rings. The molecular formula is C10H20O6. The number of ether oxygens (including phenoxy) is 3. The lowest BCUT2D eigenvalue weighted by atomic mass is 10.4. The summed E-state index contributed by atoms with van der Waals surface area (Å²) in [6.07, 6.45) is -1.58. The largest absolute Gasteiger partial charge is 0.508 e. The van der Waals surface area contributed by atoms with Crippen LogP contribution in [-0.4, -0.2) is 43.2 Å². The molecule has 0 rings (SSSR count). The molecule has 6 heteroatoms. The van der Waals surface area contributed by atoms with E-state index in [1.54, 1.807) is 20.8 Å². The van der Waals surface area contributed by atoms with Crippen molar-refractivity contribution in [2.75, 3.05) is 19.8 Å². The predicted octanol–water partition coefficient (Wildman–Crippen LogP) is 1.11. The van der Waals surface area contributed by atoms with E-state index in [4.69, 9.17) is 5.11 Å². The number of rotatable bonds is 4. The third-order valence-corrected chi connectivity index (χ3v) is 1.15. The van der Waals surface area contributed by atoms with Gasteiger partial charge in [0, 0.05) is 0 Å². The van der Waals surface area contributed by atoms with Gasteiger partial charge >= 0.3 is 12.1 Å². The Balaban J connectivity index is 0. The molecule has 0 aliphatic carbocycles. The van der Waals surface area contributed by atoms with Gasteiger partial charge < -0.3 is 19.3 Å². The molecule has 6 nitrogen and oxygen atoms in total. The highest BCUT2D eigenvalue weighted by Gasteiger charge is 2.07. The Morgan fingerprint density at radius 1 is 1.00 bits per heavy atom. The number of carbonyl (C=O) groups is 2. The highest BCUT2D eigenvalue weighted by molar-refractivity contribution is 5.73. The first-order valence-electron chi connectivity index (χ1n) is 5.13. The van der Waals surface area contributed by atoms with Gasteiger partial charge in [0.1, 0.15) is 6.10 Å². The third kappa shape index (κ3) is 12.7. The van der Waals surface area contributed by atoms with Crippen LogP contribution in [0.3, 0.4) is 0 Å². The molecule has 96 valence electrons. The van der Waals surface area contributed by atoms with E-state index >= 15 is 0 Å². The van der Waals surface area contributed by atoms with Crippen molar-refractivity contribution in [1.29, 1.82) is 0 Å². The van der Waals surface area contributed by atoms with Crippen molar-refractivity contribution in [2.24, 2.45) is 0 Å². The van der Waals surface area contributed by atoms with Crippen molar-refractivity contribution < 1.29 is 28.9 Å². The first kappa shape index (κ1) is 17.1. The van der Waals surface area contributed by atoms with Gasteiger partial charge in [-0.25, -0.2) is 9.59 Å². The Bertz CT molecular complexity index is 182. The number of esters is 1. The molecule has 0 saturated heterocycles. The van der Waals surface area contributed by atoms with Crippen molar-refractivity contribution in [3.63, 3.8) is 0 Å². The van der Waals surface area contributed by atoms with Gasteiger partial charge in [0.25, 0.3) is 0 Å². The van der Waals surface area contributed by atoms with Gasteiger partial charge in [-0.15, -0.1) is 0 Å². The summed E-state index contributed by atoms with van der Waals surface area (Å²) < 4.78 is 13.3. The Morgan fingerprint density at radius 2 is 1.38 bits per heavy atom. The summed E-state index contributed by atoms with van der Waals surface area (Å²) in [5.41, 5.74) is 0. The average molecular weight is 236 g/mol. The maximum Gasteiger partial charge on any atom is 0.508 e. The van der Waals surface area contributed by atoms with E-state index in [1.165, 1.54) is 6.92 Å². The Kier molecular flexibility index (Phi) is 12.6. The van der Waals surface area contributed by atoms with Crippen molar-refractivity contribution in [3.05, 3.63) is 0 Å². The van der Waals surface area contributed by atoms with Crippen LogP contribution in [0.25, 0.3) is 0 Å². The van der Waals surface area contributed by atoms with Crippen LogP contribution >= 0.6 is 0 Å². The maximum absolute atomic E-state index is 10.3. The van der Waals surface area contributed by atoms with E-state index < -0.39 is 18.2 Å². The monoisotopic (exact) mass is 236 g/mol. The molecule has 0 aromatic carbocycles. The number of hydrogen-bond acceptors (Lipinski definition) is 6. The lowest BCUT2D eigenvalue weighted by Crippen LogP contribution is -2.18. The average Bonchev–Trinajstić information content (AvgIpc) is 2.19. The molecule has 0 amide bonds. The van der Waals surface area contributed by atoms with Gasteiger partial charge in [-0.1, -0.05) is 0 Å². The first-order valence-corrected chi connectivity index (χ1v) is 5.13. The lowest BCUT2D eigenvalue weighted by molar-refractivity contribution is -0.151. The van der Waals surface area contributed by atoms with Crippen molar-refractivity contribution in [3.8, 4) is 0 Å². The standard InChI is InChI=1S/2C5H10O3/c1-3-7-5(6)8-4-2;1-3-8-5(7)4(2)6/h3-4H2,1-2H3;4,6H,3H2,1-2H3. The predicted molar refractivity (Wildman–Crippen MR) is 57.0 cm³/mol. The summed E-state index contributed by atoms with van der Waals surface area (Å²) in [7, 11) is 0. The minimum atomic E-state index is -0.991. The van der Waals surface area contributed by atoms with Crippen LogP contribution in [0.5, 0.6) is 0 Å². The third-order valence-electron chi connectivity index (χ3n) is 1.15. The SMILES string of the molecule is CCOC(=O)C(C)O.CCOC(=O)OCC. The Morgan fingerprint density at radius 3 is 1.56 bits per heavy atom. The minimum absolute atomic E-state index is 0.323. The quantitative estimate of drug-likeness (QED) is 0.736. The molecule has 0 bridgehead atoms. The summed E-state index contributed by atoms with van der Waals surface area (Å²) in [5, 5.41) is 8.48. The van der Waals surface area contributed by atoms with Crippen LogP contribution < -0.4 is 0 Å². The highest BCUT2D eigenvalue weighted by atomic mass is 16.7. The van der Waals surface area contributed by atoms with E-state index in [1.807, 2.05) is 0 Å². The van der Waals surface area contributed by atoms with E-state index in [2.05, 4.69) is 14.2 Å². The van der Waals surface area contributed by atoms with Crippen LogP contribution in [-0.2, 0) is 19.0 Å². The zero-order valence-electron chi connectivity index (χ0n) is 10.2. The molecule has 0 aliphatic heterocycles. The van der Waals surface area contributed by atoms with Crippen molar-refractivity contribution in [1.82, 2.24) is 0 Å². The zero-order chi connectivity index (χ0) is 13.0. The number of hydrogen-bond donors (Lipinski definition) is 1. The van der Waals surface area contributed by atoms with Crippen molar-refractivity contribution in [2.45, 2.75) is 33.8 Å². The van der Waals surface area contributed by atoms with E-state index in [0.717, 1.165) is 0 Å². The number of aliphatic hydroxyl groups excluding tert-OH is 1. The molecule has 0 aliphatic rings. The summed E-state index contributed by atoms with van der Waals surface area (Å²) in [6.45, 7) is 7.60. The van der Waals surface area contributed by atoms with Crippen LogP contribution in [0.4, 0.5) is 4.79 Å². The molecular weight excluding hydrogens is 216 g/mol. The van der Waals surface area contributed by atoms with E-state index in [-0.39, 0.29) is 0 Å². The molecule has 0 radical (unpaired) electrons. The lowest BCUT2D eigenvalue weighted by Gasteiger charge is -2.01. The van der Waals surface area contributed by atoms with Crippen LogP contribution in [0.2, 0.25) is 0 Å². The summed E-state index contributed by atoms with van der Waals surface area (Å²) >= 11 is 0. The van der Waals surface area contributed by atoms with Gasteiger partial charge in [0.2, 0.25) is 0 Å². The molecule has 0 heterocycles. The fourth-order valence-corrected chi connectivity index (χ4v) is 0.540. The first-order chi connectivity index (χ1) is 7.49. The minimum Gasteiger partial charge on any atom is -0.464 e. The fraction of sp³-hybridized carbons (Fsp3) is 0.800. The number of aliphatic hydroxyl groups is 1. The second kappa shape index (κ2) is 11.8. The van der Waals surface area contributed by atoms with Crippen LogP contribution in [0.1, 0.15) is 27.7 Å². The second-order valence-electron chi connectivity index (χ2n) is 2.54. The van der Waals surface area contributed by atoms with Gasteiger partial charge in [0.15, 0.2) is 0 Å². The molecule has 0 spiro atoms. The normalized spacial score (nSPS) is 10.6. The summed E-state index contributed by atoms with van der Waals surface area (Å²) in [4.78, 5) is 20.5. The van der Waals surface area contributed by atoms with Crippen LogP contribution in [0.15, 0.2) is 0 Å². The van der Waals surface area contributed by atoms with Gasteiger partial charge in [-0.05, 0) is 27.7 Å². The smallest absolute Gasteiger partial charge is 0.464 e. The molecule has 16 heavy (non-hydrogen) atoms. The topological polar surface area (TPSA) is 82.1 Å². The molecule has 0 aromatic heterocycles. The fourth-order valence-electron chi connectivity index (χ4n) is 0.540. The molecule has 1 N–H and O–H groups in total. The van der Waals surface area contributed by atoms with E-state index in [0.29, 0.717) is 19.8 Å². The molecule has 0 fully saturated rings. The van der Waals surface area contributed by atoms with Gasteiger partial charge in [-0.3, -0.25) is 0 Å². The molecule has 1 atom stereocenters.